The molecule has 2 unspecified atom stereocenters. The number of allylic oxidation sites excluding steroid dienone is 3. The summed E-state index contributed by atoms with van der Waals surface area (Å²) in [6, 6.07) is 0. The molecule has 1 aliphatic rings. The van der Waals surface area contributed by atoms with Crippen molar-refractivity contribution in [1.29, 1.82) is 0 Å². The lowest BCUT2D eigenvalue weighted by Gasteiger charge is -2.19. The average molecular weight is 712 g/mol. The molecule has 0 aromatic heterocycles. The summed E-state index contributed by atoms with van der Waals surface area (Å²) in [6.07, 6.45) is 43.9. The van der Waals surface area contributed by atoms with E-state index in [1.807, 2.05) is 6.08 Å². The minimum Gasteiger partial charge on any atom is -0.498 e. The molecular weight excluding hydrogens is 633 g/mol. The molecule has 49 heavy (non-hydrogen) atoms. The Kier molecular flexibility index (Phi) is 33.0. The van der Waals surface area contributed by atoms with Gasteiger partial charge in [-0.15, -0.1) is 0 Å². The van der Waals surface area contributed by atoms with Crippen LogP contribution in [-0.4, -0.2) is 38.4 Å². The second kappa shape index (κ2) is 35.3. The van der Waals surface area contributed by atoms with Crippen LogP contribution in [0.2, 0.25) is 0 Å². The van der Waals surface area contributed by atoms with Crippen LogP contribution in [0.1, 0.15) is 200 Å². The van der Waals surface area contributed by atoms with Crippen LogP contribution < -0.4 is 5.09 Å². The highest BCUT2D eigenvalue weighted by Gasteiger charge is 2.31. The van der Waals surface area contributed by atoms with Gasteiger partial charge in [0, 0.05) is 13.0 Å². The van der Waals surface area contributed by atoms with Gasteiger partial charge in [0.1, 0.15) is 6.61 Å². The van der Waals surface area contributed by atoms with Crippen LogP contribution in [-0.2, 0) is 27.9 Å². The zero-order chi connectivity index (χ0) is 35.4. The third-order valence-electron chi connectivity index (χ3n) is 9.24. The number of nitrogens with one attached hydrogen (secondary N) is 1. The summed E-state index contributed by atoms with van der Waals surface area (Å²) in [7, 11) is -3.32. The molecule has 0 amide bonds. The summed E-state index contributed by atoms with van der Waals surface area (Å²) in [5, 5.41) is 2.76. The van der Waals surface area contributed by atoms with E-state index in [1.54, 1.807) is 6.26 Å². The van der Waals surface area contributed by atoms with Crippen LogP contribution in [0.3, 0.4) is 0 Å². The van der Waals surface area contributed by atoms with Gasteiger partial charge in [-0.2, -0.15) is 0 Å². The van der Waals surface area contributed by atoms with Crippen molar-refractivity contribution < 1.29 is 27.9 Å². The monoisotopic (exact) mass is 712 g/mol. The minimum absolute atomic E-state index is 0.0325. The molecule has 2 atom stereocenters. The van der Waals surface area contributed by atoms with Crippen molar-refractivity contribution in [2.75, 3.05) is 26.4 Å². The molecule has 0 bridgehead atoms. The fourth-order valence-electron chi connectivity index (χ4n) is 6.11. The molecule has 0 aromatic carbocycles. The molecule has 7 nitrogen and oxygen atoms in total. The van der Waals surface area contributed by atoms with Crippen LogP contribution in [0, 0.1) is 0 Å². The van der Waals surface area contributed by atoms with Gasteiger partial charge in [-0.3, -0.25) is 13.8 Å². The van der Waals surface area contributed by atoms with E-state index in [-0.39, 0.29) is 19.2 Å². The minimum atomic E-state index is -3.32. The molecule has 0 saturated carbocycles. The number of carbonyl (C=O) groups is 1. The van der Waals surface area contributed by atoms with Crippen molar-refractivity contribution in [1.82, 2.24) is 5.09 Å². The quantitative estimate of drug-likeness (QED) is 0.0226. The number of unbranched alkanes of at least 4 members (excludes halogenated alkanes) is 25. The second-order valence-electron chi connectivity index (χ2n) is 14.1. The third-order valence-corrected chi connectivity index (χ3v) is 10.9. The van der Waals surface area contributed by atoms with Gasteiger partial charge < -0.3 is 9.47 Å². The Labute approximate surface area is 303 Å². The van der Waals surface area contributed by atoms with Crippen molar-refractivity contribution in [3.63, 3.8) is 0 Å². The van der Waals surface area contributed by atoms with E-state index < -0.39 is 13.9 Å². The van der Waals surface area contributed by atoms with Crippen LogP contribution in [0.15, 0.2) is 24.5 Å². The molecular formula is C41H78NO6P. The van der Waals surface area contributed by atoms with Crippen molar-refractivity contribution in [3.05, 3.63) is 24.5 Å². The zero-order valence-electron chi connectivity index (χ0n) is 32.1. The standard InChI is InChI=1S/C41H78NO6P/c1-3-5-7-9-11-13-15-17-19-21-23-25-27-29-31-33-36-45-38-40(39-47-49(44)42-35-37-46-49)48-41(43)34-32-30-28-26-24-22-20-18-16-14-12-10-8-6-4-2/h18,20,33,36,40H,3-17,19,21-32,34-35,37-39H2,1-2H3,(H,42,44)/b20-18-,36-33-. The Morgan fingerprint density at radius 3 is 1.55 bits per heavy atom. The fourth-order valence-corrected chi connectivity index (χ4v) is 7.43. The SMILES string of the molecule is CCCCCCCC/C=C\CCCCCCCC(=O)OC(CO/C=C\CCCCCCCCCCCCCCCC)COP1(=O)NCCO1. The van der Waals surface area contributed by atoms with Crippen LogP contribution >= 0.6 is 7.75 Å². The second-order valence-corrected chi connectivity index (χ2v) is 15.9. The maximum atomic E-state index is 12.6. The lowest BCUT2D eigenvalue weighted by atomic mass is 10.0. The first-order valence-corrected chi connectivity index (χ1v) is 22.4. The van der Waals surface area contributed by atoms with Crippen molar-refractivity contribution >= 4 is 13.7 Å². The molecule has 0 aliphatic carbocycles. The van der Waals surface area contributed by atoms with Gasteiger partial charge in [-0.1, -0.05) is 161 Å². The number of esters is 1. The smallest absolute Gasteiger partial charge is 0.405 e. The number of hydrogen-bond acceptors (Lipinski definition) is 6. The third kappa shape index (κ3) is 31.3. The normalized spacial score (nSPS) is 17.0. The topological polar surface area (TPSA) is 83.1 Å². The number of hydrogen-bond donors (Lipinski definition) is 1. The van der Waals surface area contributed by atoms with Gasteiger partial charge in [0.25, 0.3) is 0 Å². The molecule has 0 aromatic rings. The van der Waals surface area contributed by atoms with Gasteiger partial charge in [0.05, 0.1) is 19.5 Å². The number of ether oxygens (including phenoxy) is 2. The van der Waals surface area contributed by atoms with Crippen LogP contribution in [0.5, 0.6) is 0 Å². The van der Waals surface area contributed by atoms with E-state index >= 15 is 0 Å². The summed E-state index contributed by atoms with van der Waals surface area (Å²) in [6.45, 7) is 5.49. The summed E-state index contributed by atoms with van der Waals surface area (Å²) in [5.41, 5.74) is 0. The van der Waals surface area contributed by atoms with Crippen LogP contribution in [0.4, 0.5) is 0 Å². The van der Waals surface area contributed by atoms with E-state index in [9.17, 15) is 9.36 Å². The van der Waals surface area contributed by atoms with E-state index in [1.165, 1.54) is 141 Å². The molecule has 1 rings (SSSR count). The highest BCUT2D eigenvalue weighted by atomic mass is 31.2. The Morgan fingerprint density at radius 1 is 0.633 bits per heavy atom. The molecule has 1 saturated heterocycles. The Balaban J connectivity index is 2.10. The number of rotatable bonds is 37. The lowest BCUT2D eigenvalue weighted by molar-refractivity contribution is -0.153. The largest absolute Gasteiger partial charge is 0.498 e. The lowest BCUT2D eigenvalue weighted by Crippen LogP contribution is -2.28. The summed E-state index contributed by atoms with van der Waals surface area (Å²) >= 11 is 0. The fraction of sp³-hybridized carbons (Fsp3) is 0.878. The van der Waals surface area contributed by atoms with E-state index in [4.69, 9.17) is 18.5 Å². The average Bonchev–Trinajstić information content (AvgIpc) is 3.54. The predicted octanol–water partition coefficient (Wildman–Crippen LogP) is 13.1. The first-order valence-electron chi connectivity index (χ1n) is 20.8. The molecule has 1 N–H and O–H groups in total. The van der Waals surface area contributed by atoms with E-state index in [0.717, 1.165) is 38.5 Å². The molecule has 1 heterocycles. The van der Waals surface area contributed by atoms with Crippen molar-refractivity contribution in [3.8, 4) is 0 Å². The van der Waals surface area contributed by atoms with Gasteiger partial charge in [0.2, 0.25) is 0 Å². The first kappa shape index (κ1) is 45.9. The van der Waals surface area contributed by atoms with Crippen molar-refractivity contribution in [2.24, 2.45) is 0 Å². The summed E-state index contributed by atoms with van der Waals surface area (Å²) < 4.78 is 34.6. The Bertz CT molecular complexity index is 825. The van der Waals surface area contributed by atoms with Gasteiger partial charge in [-0.05, 0) is 51.0 Å². The highest BCUT2D eigenvalue weighted by molar-refractivity contribution is 7.51. The Morgan fingerprint density at radius 2 is 1.08 bits per heavy atom. The van der Waals surface area contributed by atoms with Gasteiger partial charge >= 0.3 is 13.7 Å². The molecule has 0 radical (unpaired) electrons. The molecule has 0 spiro atoms. The zero-order valence-corrected chi connectivity index (χ0v) is 33.0. The van der Waals surface area contributed by atoms with Gasteiger partial charge in [-0.25, -0.2) is 9.65 Å². The number of carbonyl (C=O) groups excluding carboxylic acids is 1. The Hall–Kier alpha value is -1.14. The van der Waals surface area contributed by atoms with E-state index in [2.05, 4.69) is 31.1 Å². The summed E-state index contributed by atoms with van der Waals surface area (Å²) in [5.74, 6) is -0.264. The van der Waals surface area contributed by atoms with E-state index in [0.29, 0.717) is 19.6 Å². The van der Waals surface area contributed by atoms with Crippen LogP contribution in [0.25, 0.3) is 0 Å². The van der Waals surface area contributed by atoms with Crippen molar-refractivity contribution in [2.45, 2.75) is 206 Å². The maximum Gasteiger partial charge on any atom is 0.405 e. The summed E-state index contributed by atoms with van der Waals surface area (Å²) in [4.78, 5) is 12.6. The first-order chi connectivity index (χ1) is 24.1. The maximum absolute atomic E-state index is 12.6. The molecule has 8 heteroatoms. The van der Waals surface area contributed by atoms with Gasteiger partial charge in [0.15, 0.2) is 6.10 Å². The molecule has 1 aliphatic heterocycles. The molecule has 1 fully saturated rings. The highest BCUT2D eigenvalue weighted by Crippen LogP contribution is 2.46. The molecule has 288 valence electrons. The predicted molar refractivity (Wildman–Crippen MR) is 207 cm³/mol.